The van der Waals surface area contributed by atoms with Gasteiger partial charge in [0.2, 0.25) is 0 Å². The summed E-state index contributed by atoms with van der Waals surface area (Å²) in [5, 5.41) is 8.34. The van der Waals surface area contributed by atoms with Crippen LogP contribution in [0.2, 0.25) is 0 Å². The summed E-state index contributed by atoms with van der Waals surface area (Å²) in [6.07, 6.45) is 10.4. The fourth-order valence-electron chi connectivity index (χ4n) is 1.21. The molecule has 11 heavy (non-hydrogen) atoms. The molecule has 0 bridgehead atoms. The van der Waals surface area contributed by atoms with Crippen LogP contribution in [0.3, 0.4) is 0 Å². The summed E-state index contributed by atoms with van der Waals surface area (Å²) < 4.78 is 0. The number of carboxylic acid groups (broad SMARTS) is 1. The minimum Gasteiger partial charge on any atom is -0.478 e. The molecule has 0 heterocycles. The van der Waals surface area contributed by atoms with E-state index >= 15 is 0 Å². The van der Waals surface area contributed by atoms with Crippen molar-refractivity contribution in [1.29, 1.82) is 0 Å². The van der Waals surface area contributed by atoms with Crippen molar-refractivity contribution >= 4 is 5.97 Å². The normalized spacial score (nSPS) is 24.2. The summed E-state index contributed by atoms with van der Waals surface area (Å²) >= 11 is 0. The number of hydrogen-bond acceptors (Lipinski definition) is 1. The van der Waals surface area contributed by atoms with Gasteiger partial charge in [-0.2, -0.15) is 0 Å². The van der Waals surface area contributed by atoms with Crippen LogP contribution in [0.1, 0.15) is 19.3 Å². The predicted octanol–water partition coefficient (Wildman–Crippen LogP) is 1.98. The van der Waals surface area contributed by atoms with E-state index in [2.05, 4.69) is 12.2 Å². The molecule has 0 saturated heterocycles. The standard InChI is InChI=1S/C9H12O2/c10-9(11)7-6-8-4-2-1-3-5-8/h1-2,6-8H,3-5H2,(H,10,11). The van der Waals surface area contributed by atoms with Crippen molar-refractivity contribution in [1.82, 2.24) is 0 Å². The first kappa shape index (κ1) is 8.05. The lowest BCUT2D eigenvalue weighted by Gasteiger charge is -2.11. The largest absolute Gasteiger partial charge is 0.478 e. The van der Waals surface area contributed by atoms with E-state index in [-0.39, 0.29) is 0 Å². The molecule has 1 aliphatic rings. The maximum atomic E-state index is 10.1. The van der Waals surface area contributed by atoms with E-state index in [1.807, 2.05) is 0 Å². The van der Waals surface area contributed by atoms with Gasteiger partial charge < -0.3 is 5.11 Å². The highest BCUT2D eigenvalue weighted by Gasteiger charge is 2.05. The Balaban J connectivity index is 2.37. The van der Waals surface area contributed by atoms with Gasteiger partial charge in [-0.05, 0) is 25.2 Å². The quantitative estimate of drug-likeness (QED) is 0.485. The lowest BCUT2D eigenvalue weighted by Crippen LogP contribution is -1.99. The van der Waals surface area contributed by atoms with Crippen LogP contribution in [0.15, 0.2) is 24.3 Å². The minimum atomic E-state index is -0.848. The number of carbonyl (C=O) groups is 1. The molecule has 60 valence electrons. The monoisotopic (exact) mass is 152 g/mol. The zero-order valence-corrected chi connectivity index (χ0v) is 6.36. The maximum Gasteiger partial charge on any atom is 0.327 e. The molecule has 0 aromatic heterocycles. The molecule has 0 amide bonds. The Hall–Kier alpha value is -1.05. The second-order valence-electron chi connectivity index (χ2n) is 2.74. The smallest absolute Gasteiger partial charge is 0.327 e. The average molecular weight is 152 g/mol. The summed E-state index contributed by atoms with van der Waals surface area (Å²) in [7, 11) is 0. The first-order chi connectivity index (χ1) is 5.29. The average Bonchev–Trinajstić information content (AvgIpc) is 2.03. The fraction of sp³-hybridized carbons (Fsp3) is 0.444. The molecule has 1 rings (SSSR count). The molecule has 1 atom stereocenters. The molecule has 0 radical (unpaired) electrons. The first-order valence-corrected chi connectivity index (χ1v) is 3.85. The Labute approximate surface area is 66.2 Å². The van der Waals surface area contributed by atoms with Gasteiger partial charge >= 0.3 is 5.97 Å². The van der Waals surface area contributed by atoms with Crippen LogP contribution in [0.25, 0.3) is 0 Å². The molecule has 0 aromatic rings. The molecule has 0 spiro atoms. The third-order valence-corrected chi connectivity index (χ3v) is 1.82. The van der Waals surface area contributed by atoms with Crippen molar-refractivity contribution in [3.05, 3.63) is 24.3 Å². The Morgan fingerprint density at radius 1 is 1.55 bits per heavy atom. The van der Waals surface area contributed by atoms with Crippen LogP contribution in [0, 0.1) is 5.92 Å². The van der Waals surface area contributed by atoms with E-state index in [1.54, 1.807) is 6.08 Å². The zero-order chi connectivity index (χ0) is 8.10. The van der Waals surface area contributed by atoms with E-state index in [1.165, 1.54) is 6.08 Å². The third kappa shape index (κ3) is 3.03. The number of allylic oxidation sites excluding steroid dienone is 3. The van der Waals surface area contributed by atoms with Crippen LogP contribution in [-0.2, 0) is 4.79 Å². The summed E-state index contributed by atoms with van der Waals surface area (Å²) in [5.41, 5.74) is 0. The van der Waals surface area contributed by atoms with Gasteiger partial charge in [0.25, 0.3) is 0 Å². The highest BCUT2D eigenvalue weighted by molar-refractivity contribution is 5.79. The summed E-state index contributed by atoms with van der Waals surface area (Å²) in [6.45, 7) is 0. The van der Waals surface area contributed by atoms with E-state index in [9.17, 15) is 4.79 Å². The Morgan fingerprint density at radius 2 is 2.36 bits per heavy atom. The van der Waals surface area contributed by atoms with Gasteiger partial charge in [-0.1, -0.05) is 18.2 Å². The zero-order valence-electron chi connectivity index (χ0n) is 6.36. The molecular formula is C9H12O2. The Morgan fingerprint density at radius 3 is 2.91 bits per heavy atom. The summed E-state index contributed by atoms with van der Waals surface area (Å²) in [5.74, 6) is -0.407. The molecule has 0 fully saturated rings. The summed E-state index contributed by atoms with van der Waals surface area (Å²) in [4.78, 5) is 10.1. The van der Waals surface area contributed by atoms with Crippen LogP contribution < -0.4 is 0 Å². The second kappa shape index (κ2) is 3.96. The SMILES string of the molecule is O=C(O)C=CC1CC=CCC1. The molecule has 1 aliphatic carbocycles. The van der Waals surface area contributed by atoms with E-state index in [0.29, 0.717) is 5.92 Å². The predicted molar refractivity (Wildman–Crippen MR) is 43.3 cm³/mol. The van der Waals surface area contributed by atoms with Crippen LogP contribution in [-0.4, -0.2) is 11.1 Å². The Kier molecular flexibility index (Phi) is 2.90. The van der Waals surface area contributed by atoms with Crippen molar-refractivity contribution in [2.75, 3.05) is 0 Å². The molecule has 1 unspecified atom stereocenters. The van der Waals surface area contributed by atoms with Crippen molar-refractivity contribution in [3.63, 3.8) is 0 Å². The second-order valence-corrected chi connectivity index (χ2v) is 2.74. The van der Waals surface area contributed by atoms with Crippen molar-refractivity contribution in [2.45, 2.75) is 19.3 Å². The number of aliphatic carboxylic acids is 1. The molecule has 1 N–H and O–H groups in total. The van der Waals surface area contributed by atoms with Gasteiger partial charge in [0, 0.05) is 6.08 Å². The molecule has 0 saturated carbocycles. The highest BCUT2D eigenvalue weighted by Crippen LogP contribution is 2.18. The Bertz CT molecular complexity index is 192. The van der Waals surface area contributed by atoms with Crippen LogP contribution >= 0.6 is 0 Å². The van der Waals surface area contributed by atoms with Crippen molar-refractivity contribution in [3.8, 4) is 0 Å². The van der Waals surface area contributed by atoms with Crippen LogP contribution in [0.4, 0.5) is 0 Å². The number of carboxylic acids is 1. The van der Waals surface area contributed by atoms with Gasteiger partial charge in [-0.25, -0.2) is 4.79 Å². The molecule has 2 nitrogen and oxygen atoms in total. The maximum absolute atomic E-state index is 10.1. The number of hydrogen-bond donors (Lipinski definition) is 1. The van der Waals surface area contributed by atoms with Crippen molar-refractivity contribution in [2.24, 2.45) is 5.92 Å². The third-order valence-electron chi connectivity index (χ3n) is 1.82. The van der Waals surface area contributed by atoms with E-state index in [0.717, 1.165) is 19.3 Å². The van der Waals surface area contributed by atoms with Crippen molar-refractivity contribution < 1.29 is 9.90 Å². The molecule has 2 heteroatoms. The lowest BCUT2D eigenvalue weighted by atomic mass is 9.94. The molecular weight excluding hydrogens is 140 g/mol. The van der Waals surface area contributed by atoms with Gasteiger partial charge in [0.05, 0.1) is 0 Å². The van der Waals surface area contributed by atoms with Gasteiger partial charge in [0.1, 0.15) is 0 Å². The first-order valence-electron chi connectivity index (χ1n) is 3.85. The van der Waals surface area contributed by atoms with Gasteiger partial charge in [-0.15, -0.1) is 0 Å². The summed E-state index contributed by atoms with van der Waals surface area (Å²) in [6, 6.07) is 0. The molecule has 0 aliphatic heterocycles. The molecule has 0 aromatic carbocycles. The fourth-order valence-corrected chi connectivity index (χ4v) is 1.21. The highest BCUT2D eigenvalue weighted by atomic mass is 16.4. The van der Waals surface area contributed by atoms with E-state index < -0.39 is 5.97 Å². The number of rotatable bonds is 2. The van der Waals surface area contributed by atoms with E-state index in [4.69, 9.17) is 5.11 Å². The van der Waals surface area contributed by atoms with Gasteiger partial charge in [0.15, 0.2) is 0 Å². The lowest BCUT2D eigenvalue weighted by molar-refractivity contribution is -0.131. The minimum absolute atomic E-state index is 0.441. The van der Waals surface area contributed by atoms with Gasteiger partial charge in [-0.3, -0.25) is 0 Å². The topological polar surface area (TPSA) is 37.3 Å². The van der Waals surface area contributed by atoms with Crippen LogP contribution in [0.5, 0.6) is 0 Å².